The molecule has 1 aromatic heterocycles. The maximum absolute atomic E-state index is 10.6. The zero-order chi connectivity index (χ0) is 9.26. The minimum Gasteiger partial charge on any atom is -0.480 e. The summed E-state index contributed by atoms with van der Waals surface area (Å²) in [7, 11) is 0. The molecule has 3 nitrogen and oxygen atoms in total. The van der Waals surface area contributed by atoms with E-state index in [1.165, 1.54) is 4.88 Å². The van der Waals surface area contributed by atoms with E-state index in [0.717, 1.165) is 0 Å². The molecule has 5 heteroatoms. The van der Waals surface area contributed by atoms with Crippen molar-refractivity contribution in [2.75, 3.05) is 5.75 Å². The van der Waals surface area contributed by atoms with Crippen LogP contribution in [-0.2, 0) is 4.79 Å². The van der Waals surface area contributed by atoms with E-state index in [-0.39, 0.29) is 5.37 Å². The highest BCUT2D eigenvalue weighted by Crippen LogP contribution is 2.34. The van der Waals surface area contributed by atoms with Gasteiger partial charge < -0.3 is 5.11 Å². The van der Waals surface area contributed by atoms with Gasteiger partial charge in [-0.25, -0.2) is 0 Å². The summed E-state index contributed by atoms with van der Waals surface area (Å²) < 4.78 is 0. The first-order chi connectivity index (χ1) is 6.27. The maximum atomic E-state index is 10.6. The van der Waals surface area contributed by atoms with Crippen molar-refractivity contribution >= 4 is 29.1 Å². The molecule has 0 spiro atoms. The Labute approximate surface area is 84.2 Å². The average molecular weight is 215 g/mol. The van der Waals surface area contributed by atoms with Gasteiger partial charge in [0, 0.05) is 10.6 Å². The van der Waals surface area contributed by atoms with Crippen molar-refractivity contribution in [2.24, 2.45) is 0 Å². The molecule has 2 heterocycles. The van der Waals surface area contributed by atoms with Crippen LogP contribution in [0.4, 0.5) is 0 Å². The molecule has 2 rings (SSSR count). The number of carboxylic acid groups (broad SMARTS) is 1. The molecule has 0 saturated carbocycles. The highest BCUT2D eigenvalue weighted by molar-refractivity contribution is 7.99. The topological polar surface area (TPSA) is 49.3 Å². The van der Waals surface area contributed by atoms with Gasteiger partial charge in [0.1, 0.15) is 6.04 Å². The number of carboxylic acids is 1. The molecule has 2 N–H and O–H groups in total. The summed E-state index contributed by atoms with van der Waals surface area (Å²) >= 11 is 3.31. The summed E-state index contributed by atoms with van der Waals surface area (Å²) in [6.07, 6.45) is 0. The van der Waals surface area contributed by atoms with E-state index in [2.05, 4.69) is 5.32 Å². The first-order valence-electron chi connectivity index (χ1n) is 3.91. The number of hydrogen-bond donors (Lipinski definition) is 2. The summed E-state index contributed by atoms with van der Waals surface area (Å²) in [4.78, 5) is 11.8. The lowest BCUT2D eigenvalue weighted by atomic mass is 10.3. The molecule has 2 atom stereocenters. The third kappa shape index (κ3) is 1.87. The van der Waals surface area contributed by atoms with Crippen LogP contribution in [0, 0.1) is 0 Å². The van der Waals surface area contributed by atoms with Crippen LogP contribution < -0.4 is 5.32 Å². The quantitative estimate of drug-likeness (QED) is 0.785. The summed E-state index contributed by atoms with van der Waals surface area (Å²) in [5, 5.41) is 14.0. The summed E-state index contributed by atoms with van der Waals surface area (Å²) in [5.41, 5.74) is 0. The molecule has 13 heavy (non-hydrogen) atoms. The molecular weight excluding hydrogens is 206 g/mol. The maximum Gasteiger partial charge on any atom is 0.321 e. The second kappa shape index (κ2) is 3.69. The molecule has 1 aliphatic heterocycles. The van der Waals surface area contributed by atoms with E-state index in [0.29, 0.717) is 5.75 Å². The van der Waals surface area contributed by atoms with Gasteiger partial charge in [0.25, 0.3) is 0 Å². The molecule has 0 amide bonds. The first kappa shape index (κ1) is 9.05. The van der Waals surface area contributed by atoms with Crippen molar-refractivity contribution in [1.29, 1.82) is 0 Å². The van der Waals surface area contributed by atoms with Crippen LogP contribution in [0.3, 0.4) is 0 Å². The van der Waals surface area contributed by atoms with E-state index < -0.39 is 12.0 Å². The van der Waals surface area contributed by atoms with Gasteiger partial charge in [-0.1, -0.05) is 6.07 Å². The number of nitrogens with one attached hydrogen (secondary N) is 1. The highest BCUT2D eigenvalue weighted by atomic mass is 32.2. The first-order valence-corrected chi connectivity index (χ1v) is 5.84. The van der Waals surface area contributed by atoms with Gasteiger partial charge in [0.2, 0.25) is 0 Å². The van der Waals surface area contributed by atoms with Crippen molar-refractivity contribution in [3.8, 4) is 0 Å². The normalized spacial score (nSPS) is 27.7. The van der Waals surface area contributed by atoms with Crippen molar-refractivity contribution in [3.05, 3.63) is 22.4 Å². The third-order valence-electron chi connectivity index (χ3n) is 1.88. The Morgan fingerprint density at radius 3 is 3.08 bits per heavy atom. The predicted octanol–water partition coefficient (Wildman–Crippen LogP) is 1.54. The average Bonchev–Trinajstić information content (AvgIpc) is 2.75. The van der Waals surface area contributed by atoms with E-state index in [1.807, 2.05) is 17.5 Å². The van der Waals surface area contributed by atoms with Gasteiger partial charge in [0.05, 0.1) is 5.37 Å². The molecule has 70 valence electrons. The fourth-order valence-corrected chi connectivity index (χ4v) is 3.38. The Balaban J connectivity index is 2.03. The van der Waals surface area contributed by atoms with E-state index in [4.69, 9.17) is 5.11 Å². The lowest BCUT2D eigenvalue weighted by molar-refractivity contribution is -0.138. The second-order valence-corrected chi connectivity index (χ2v) is 4.90. The number of thioether (sulfide) groups is 1. The van der Waals surface area contributed by atoms with Crippen molar-refractivity contribution in [1.82, 2.24) is 5.32 Å². The molecule has 1 saturated heterocycles. The molecule has 0 aliphatic carbocycles. The minimum atomic E-state index is -0.758. The fraction of sp³-hybridized carbons (Fsp3) is 0.375. The molecule has 1 fully saturated rings. The Bertz CT molecular complexity index is 299. The molecule has 1 aliphatic rings. The van der Waals surface area contributed by atoms with Crippen molar-refractivity contribution in [2.45, 2.75) is 11.4 Å². The van der Waals surface area contributed by atoms with E-state index in [1.54, 1.807) is 23.1 Å². The Morgan fingerprint density at radius 2 is 2.54 bits per heavy atom. The van der Waals surface area contributed by atoms with Crippen LogP contribution in [0.5, 0.6) is 0 Å². The van der Waals surface area contributed by atoms with E-state index >= 15 is 0 Å². The zero-order valence-corrected chi connectivity index (χ0v) is 8.40. The van der Waals surface area contributed by atoms with Crippen LogP contribution in [0.2, 0.25) is 0 Å². The van der Waals surface area contributed by atoms with Crippen LogP contribution in [0.1, 0.15) is 10.3 Å². The SMILES string of the molecule is O=C(O)[C@H]1CS[C@@H](c2cccs2)N1. The number of carbonyl (C=O) groups is 1. The zero-order valence-electron chi connectivity index (χ0n) is 6.77. The minimum absolute atomic E-state index is 0.168. The van der Waals surface area contributed by atoms with Crippen LogP contribution in [0.15, 0.2) is 17.5 Å². The Morgan fingerprint density at radius 1 is 1.69 bits per heavy atom. The summed E-state index contributed by atoms with van der Waals surface area (Å²) in [6.45, 7) is 0. The molecule has 1 aromatic rings. The smallest absolute Gasteiger partial charge is 0.321 e. The van der Waals surface area contributed by atoms with Gasteiger partial charge in [0.15, 0.2) is 0 Å². The molecule has 0 unspecified atom stereocenters. The Kier molecular flexibility index (Phi) is 2.57. The van der Waals surface area contributed by atoms with Crippen LogP contribution in [-0.4, -0.2) is 22.9 Å². The van der Waals surface area contributed by atoms with Gasteiger partial charge >= 0.3 is 5.97 Å². The highest BCUT2D eigenvalue weighted by Gasteiger charge is 2.30. The van der Waals surface area contributed by atoms with Crippen LogP contribution >= 0.6 is 23.1 Å². The Hall–Kier alpha value is -0.520. The van der Waals surface area contributed by atoms with Crippen molar-refractivity contribution in [3.63, 3.8) is 0 Å². The lowest BCUT2D eigenvalue weighted by Gasteiger charge is -2.07. The number of rotatable bonds is 2. The fourth-order valence-electron chi connectivity index (χ4n) is 1.22. The van der Waals surface area contributed by atoms with Gasteiger partial charge in [-0.2, -0.15) is 0 Å². The standard InChI is InChI=1S/C8H9NO2S2/c10-8(11)5-4-13-7(9-5)6-2-1-3-12-6/h1-3,5,7,9H,4H2,(H,10,11)/t5-,7+/m1/s1. The van der Waals surface area contributed by atoms with Gasteiger partial charge in [-0.3, -0.25) is 10.1 Å². The molecular formula is C8H9NO2S2. The number of hydrogen-bond acceptors (Lipinski definition) is 4. The monoisotopic (exact) mass is 215 g/mol. The van der Waals surface area contributed by atoms with Gasteiger partial charge in [-0.05, 0) is 11.4 Å². The molecule has 0 aromatic carbocycles. The molecule has 0 radical (unpaired) electrons. The van der Waals surface area contributed by atoms with Crippen molar-refractivity contribution < 1.29 is 9.90 Å². The summed E-state index contributed by atoms with van der Waals surface area (Å²) in [6, 6.07) is 3.62. The molecule has 0 bridgehead atoms. The third-order valence-corrected chi connectivity index (χ3v) is 4.22. The lowest BCUT2D eigenvalue weighted by Crippen LogP contribution is -2.33. The largest absolute Gasteiger partial charge is 0.480 e. The second-order valence-electron chi connectivity index (χ2n) is 2.79. The predicted molar refractivity (Wildman–Crippen MR) is 54.1 cm³/mol. The van der Waals surface area contributed by atoms with Gasteiger partial charge in [-0.15, -0.1) is 23.1 Å². The van der Waals surface area contributed by atoms with Crippen LogP contribution in [0.25, 0.3) is 0 Å². The van der Waals surface area contributed by atoms with E-state index in [9.17, 15) is 4.79 Å². The number of aliphatic carboxylic acids is 1. The summed E-state index contributed by atoms with van der Waals surface area (Å²) in [5.74, 6) is -0.107. The number of thiophene rings is 1.